The van der Waals surface area contributed by atoms with E-state index in [1.165, 1.54) is 63.6 Å². The molecule has 42 heavy (non-hydrogen) atoms. The number of halogens is 1. The molecule has 1 heterocycles. The van der Waals surface area contributed by atoms with Gasteiger partial charge in [0.1, 0.15) is 5.02 Å². The number of aromatic nitrogens is 1. The molecule has 0 bridgehead atoms. The molecule has 0 saturated heterocycles. The molecule has 4 aliphatic carbocycles. The smallest absolute Gasteiger partial charge is 0.337 e. The van der Waals surface area contributed by atoms with E-state index >= 15 is 0 Å². The lowest BCUT2D eigenvalue weighted by molar-refractivity contribution is -0.193. The van der Waals surface area contributed by atoms with Crippen LogP contribution in [-0.2, 0) is 4.43 Å². The van der Waals surface area contributed by atoms with Gasteiger partial charge in [0, 0.05) is 6.20 Å². The summed E-state index contributed by atoms with van der Waals surface area (Å²) in [6, 6.07) is 1.42. The average molecular weight is 618 g/mol. The summed E-state index contributed by atoms with van der Waals surface area (Å²) >= 11 is 6.29. The minimum atomic E-state index is -1.71. The van der Waals surface area contributed by atoms with Gasteiger partial charge >= 0.3 is 5.97 Å². The lowest BCUT2D eigenvalue weighted by Gasteiger charge is -2.66. The van der Waals surface area contributed by atoms with Crippen LogP contribution in [0.15, 0.2) is 12.3 Å². The van der Waals surface area contributed by atoms with Gasteiger partial charge in [0.25, 0.3) is 0 Å². The minimum Gasteiger partial charge on any atom is -0.478 e. The van der Waals surface area contributed by atoms with Crippen molar-refractivity contribution in [3.05, 3.63) is 22.8 Å². The van der Waals surface area contributed by atoms with Crippen molar-refractivity contribution in [2.45, 2.75) is 118 Å². The van der Waals surface area contributed by atoms with E-state index in [4.69, 9.17) is 20.8 Å². The van der Waals surface area contributed by atoms with Gasteiger partial charge < -0.3 is 14.3 Å². The van der Waals surface area contributed by atoms with Crippen LogP contribution in [0.3, 0.4) is 0 Å². The molecule has 1 N–H and O–H groups in total. The average Bonchev–Trinajstić information content (AvgIpc) is 3.27. The van der Waals surface area contributed by atoms with Gasteiger partial charge in [-0.15, -0.1) is 0 Å². The Morgan fingerprint density at radius 3 is 2.45 bits per heavy atom. The summed E-state index contributed by atoms with van der Waals surface area (Å²) in [6.07, 6.45) is 13.4. The Bertz CT molecular complexity index is 1140. The number of fused-ring (bicyclic) bond motifs is 5. The molecule has 236 valence electrons. The fraction of sp³-hybridized carbons (Fsp3) is 0.829. The van der Waals surface area contributed by atoms with Gasteiger partial charge in [-0.25, -0.2) is 9.78 Å². The molecule has 1 aromatic heterocycles. The number of hydrogen-bond donors (Lipinski definition) is 1. The number of nitrogens with zero attached hydrogens (tertiary/aromatic N) is 1. The van der Waals surface area contributed by atoms with Crippen molar-refractivity contribution in [3.63, 3.8) is 0 Å². The molecule has 7 heteroatoms. The summed E-state index contributed by atoms with van der Waals surface area (Å²) in [6.45, 7) is 20.5. The Hall–Kier alpha value is -1.11. The first-order chi connectivity index (χ1) is 19.7. The summed E-state index contributed by atoms with van der Waals surface area (Å²) in [5.74, 6) is 5.03. The molecule has 0 aliphatic heterocycles. The number of carboxylic acid groups (broad SMARTS) is 1. The maximum Gasteiger partial charge on any atom is 0.337 e. The maximum atomic E-state index is 11.2. The zero-order valence-electron chi connectivity index (χ0n) is 27.4. The summed E-state index contributed by atoms with van der Waals surface area (Å²) in [5, 5.41) is 9.46. The van der Waals surface area contributed by atoms with Gasteiger partial charge in [-0.05, 0) is 129 Å². The van der Waals surface area contributed by atoms with Crippen LogP contribution >= 0.6 is 11.6 Å². The predicted octanol–water partition coefficient (Wildman–Crippen LogP) is 9.60. The Morgan fingerprint density at radius 1 is 1.12 bits per heavy atom. The minimum absolute atomic E-state index is 0.0774. The molecular weight excluding hydrogens is 562 g/mol. The van der Waals surface area contributed by atoms with Gasteiger partial charge in [-0.3, -0.25) is 0 Å². The molecule has 4 aliphatic rings. The molecule has 0 radical (unpaired) electrons. The van der Waals surface area contributed by atoms with Gasteiger partial charge in [-0.1, -0.05) is 59.1 Å². The zero-order valence-corrected chi connectivity index (χ0v) is 29.2. The van der Waals surface area contributed by atoms with Crippen LogP contribution in [0.5, 0.6) is 5.88 Å². The molecule has 0 aromatic carbocycles. The third-order valence-electron chi connectivity index (χ3n) is 12.8. The molecule has 0 amide bonds. The van der Waals surface area contributed by atoms with Crippen LogP contribution in [-0.4, -0.2) is 37.1 Å². The topological polar surface area (TPSA) is 68.7 Å². The van der Waals surface area contributed by atoms with Gasteiger partial charge in [-0.2, -0.15) is 0 Å². The lowest BCUT2D eigenvalue weighted by atomic mass is 9.41. The van der Waals surface area contributed by atoms with Crippen molar-refractivity contribution in [2.75, 3.05) is 6.61 Å². The number of hydrogen-bond acceptors (Lipinski definition) is 4. The second-order valence-corrected chi connectivity index (χ2v) is 21.1. The molecule has 5 nitrogen and oxygen atoms in total. The molecular formula is C35H56ClNO4Si. The van der Waals surface area contributed by atoms with E-state index in [9.17, 15) is 9.90 Å². The highest BCUT2D eigenvalue weighted by atomic mass is 35.5. The van der Waals surface area contributed by atoms with Crippen molar-refractivity contribution in [2.24, 2.45) is 58.2 Å². The number of ether oxygens (including phenoxy) is 1. The first kappa shape index (κ1) is 32.3. The van der Waals surface area contributed by atoms with Crippen LogP contribution in [0.1, 0.15) is 103 Å². The normalized spacial score (nSPS) is 40.5. The van der Waals surface area contributed by atoms with Gasteiger partial charge in [0.15, 0.2) is 8.32 Å². The Kier molecular flexibility index (Phi) is 9.23. The van der Waals surface area contributed by atoms with E-state index in [2.05, 4.69) is 59.2 Å². The van der Waals surface area contributed by atoms with E-state index in [-0.39, 0.29) is 10.6 Å². The van der Waals surface area contributed by atoms with E-state index in [0.717, 1.165) is 30.1 Å². The number of carbonyl (C=O) groups is 1. The molecule has 0 spiro atoms. The van der Waals surface area contributed by atoms with Gasteiger partial charge in [0.2, 0.25) is 5.88 Å². The van der Waals surface area contributed by atoms with Crippen LogP contribution in [0.4, 0.5) is 0 Å². The summed E-state index contributed by atoms with van der Waals surface area (Å²) in [7, 11) is -1.71. The van der Waals surface area contributed by atoms with Crippen molar-refractivity contribution < 1.29 is 19.1 Å². The lowest BCUT2D eigenvalue weighted by Crippen LogP contribution is -2.63. The first-order valence-electron chi connectivity index (χ1n) is 16.9. The van der Waals surface area contributed by atoms with Crippen molar-refractivity contribution in [1.82, 2.24) is 4.98 Å². The first-order valence-corrected chi connectivity index (χ1v) is 20.7. The maximum absolute atomic E-state index is 11.2. The highest BCUT2D eigenvalue weighted by Gasteiger charge is 2.65. The van der Waals surface area contributed by atoms with Crippen molar-refractivity contribution >= 4 is 25.9 Å². The standard InChI is InChI=1S/C35H56ClNO4Si/c1-9-24-28-18-21(2)12-15-35(28,5)27-13-16-34(4)25(10-11-26(34)30(27)31(24)41-42(6,7)8)22(3)14-17-40-32-29(36)19-23(20-37-32)33(38)39/h19-22,24-28,30-31H,9-18H2,1-8H3,(H,38,39)/t21-,22-,24-,25-,26+,27+,28+,30+,31-,34-,35-/m1/s1. The third kappa shape index (κ3) is 5.83. The number of aromatic carboxylic acids is 1. The SMILES string of the molecule is CC[C@H]1[C@@H](O[Si](C)(C)C)[C@@H]2[C@H](CC[C@]3(C)[C@@H]([C@H](C)CCOc4ncc(C(=O)O)cc4Cl)CC[C@@H]23)[C@@]2(C)CC[C@@H](C)C[C@@H]12. The largest absolute Gasteiger partial charge is 0.478 e. The fourth-order valence-corrected chi connectivity index (χ4v) is 12.3. The molecule has 1 aromatic rings. The Morgan fingerprint density at radius 2 is 1.81 bits per heavy atom. The molecule has 0 unspecified atom stereocenters. The Balaban J connectivity index is 1.35. The number of rotatable bonds is 9. The van der Waals surface area contributed by atoms with Crippen LogP contribution in [0.25, 0.3) is 0 Å². The second kappa shape index (κ2) is 12.0. The quantitative estimate of drug-likeness (QED) is 0.279. The highest BCUT2D eigenvalue weighted by Crippen LogP contribution is 2.70. The summed E-state index contributed by atoms with van der Waals surface area (Å²) < 4.78 is 13.3. The van der Waals surface area contributed by atoms with E-state index in [1.54, 1.807) is 0 Å². The van der Waals surface area contributed by atoms with Crippen LogP contribution < -0.4 is 4.74 Å². The second-order valence-electron chi connectivity index (χ2n) is 16.2. The van der Waals surface area contributed by atoms with E-state index < -0.39 is 14.3 Å². The predicted molar refractivity (Wildman–Crippen MR) is 173 cm³/mol. The van der Waals surface area contributed by atoms with E-state index in [1.807, 2.05) is 0 Å². The Labute approximate surface area is 261 Å². The summed E-state index contributed by atoms with van der Waals surface area (Å²) in [5.41, 5.74) is 0.872. The van der Waals surface area contributed by atoms with Gasteiger partial charge in [0.05, 0.1) is 18.3 Å². The number of pyridine rings is 1. The molecule has 5 rings (SSSR count). The van der Waals surface area contributed by atoms with Crippen LogP contribution in [0.2, 0.25) is 24.7 Å². The van der Waals surface area contributed by atoms with E-state index in [0.29, 0.717) is 53.1 Å². The summed E-state index contributed by atoms with van der Waals surface area (Å²) in [4.78, 5) is 15.4. The van der Waals surface area contributed by atoms with Crippen molar-refractivity contribution in [1.29, 1.82) is 0 Å². The molecule has 11 atom stereocenters. The zero-order chi connectivity index (χ0) is 30.6. The molecule has 4 fully saturated rings. The monoisotopic (exact) mass is 617 g/mol. The van der Waals surface area contributed by atoms with Crippen LogP contribution in [0, 0.1) is 58.2 Å². The fourth-order valence-electron chi connectivity index (χ4n) is 10.9. The third-order valence-corrected chi connectivity index (χ3v) is 14.0. The molecule has 4 saturated carbocycles. The van der Waals surface area contributed by atoms with Crippen molar-refractivity contribution in [3.8, 4) is 5.88 Å². The number of carboxylic acids is 1. The highest BCUT2D eigenvalue weighted by molar-refractivity contribution is 6.69.